The number of fused-ring (bicyclic) bond motifs is 4. The zero-order chi connectivity index (χ0) is 59.0. The molecule has 0 spiro atoms. The van der Waals surface area contributed by atoms with Crippen LogP contribution in [0.15, 0.2) is 231 Å². The van der Waals surface area contributed by atoms with Gasteiger partial charge in [-0.05, 0) is 104 Å². The highest BCUT2D eigenvalue weighted by Crippen LogP contribution is 2.51. The first-order valence-corrected chi connectivity index (χ1v) is 29.8. The molecule has 0 saturated carbocycles. The highest BCUT2D eigenvalue weighted by atomic mass is 15.4. The molecule has 0 fully saturated rings. The van der Waals surface area contributed by atoms with Crippen LogP contribution in [-0.4, -0.2) is 31.2 Å². The molecule has 0 aliphatic carbocycles. The first-order chi connectivity index (χ1) is 40.8. The Morgan fingerprint density at radius 3 is 1.49 bits per heavy atom. The molecule has 4 heterocycles. The van der Waals surface area contributed by atoms with E-state index >= 15 is 0 Å². The molecule has 420 valence electrons. The molecule has 3 aromatic heterocycles. The zero-order valence-corrected chi connectivity index (χ0v) is 50.8. The van der Waals surface area contributed by atoms with Gasteiger partial charge in [0.1, 0.15) is 12.5 Å². The van der Waals surface area contributed by atoms with Gasteiger partial charge in [0.25, 0.3) is 0 Å². The third-order valence-corrected chi connectivity index (χ3v) is 17.2. The molecular weight excluding hydrogens is 1030 g/mol. The van der Waals surface area contributed by atoms with E-state index < -0.39 is 0 Å². The van der Waals surface area contributed by atoms with Crippen molar-refractivity contribution >= 4 is 44.6 Å². The summed E-state index contributed by atoms with van der Waals surface area (Å²) in [6, 6.07) is 81.1. The van der Waals surface area contributed by atoms with E-state index in [2.05, 4.69) is 315 Å². The maximum absolute atomic E-state index is 5.66. The summed E-state index contributed by atoms with van der Waals surface area (Å²) in [7, 11) is 0. The van der Waals surface area contributed by atoms with E-state index in [1.54, 1.807) is 0 Å². The Kier molecular flexibility index (Phi) is 13.5. The molecule has 85 heavy (non-hydrogen) atoms. The Bertz CT molecular complexity index is 4390. The molecule has 0 atom stereocenters. The molecule has 0 radical (unpaired) electrons. The molecular formula is C78H73N7. The molecule has 0 bridgehead atoms. The van der Waals surface area contributed by atoms with Gasteiger partial charge >= 0.3 is 0 Å². The maximum Gasteiger partial charge on any atom is 0.164 e. The van der Waals surface area contributed by atoms with Gasteiger partial charge in [-0.3, -0.25) is 4.57 Å². The Morgan fingerprint density at radius 2 is 0.882 bits per heavy atom. The number of para-hydroxylation sites is 4. The Labute approximate surface area is 501 Å². The fourth-order valence-corrected chi connectivity index (χ4v) is 12.5. The molecule has 0 unspecified atom stereocenters. The summed E-state index contributed by atoms with van der Waals surface area (Å²) >= 11 is 0. The lowest BCUT2D eigenvalue weighted by atomic mass is 9.72. The molecule has 7 nitrogen and oxygen atoms in total. The monoisotopic (exact) mass is 1110 g/mol. The van der Waals surface area contributed by atoms with Crippen molar-refractivity contribution < 1.29 is 0 Å². The molecule has 12 aromatic rings. The predicted molar refractivity (Wildman–Crippen MR) is 356 cm³/mol. The number of anilines is 4. The fraction of sp³-hybridized carbons (Fsp3) is 0.205. The van der Waals surface area contributed by atoms with Crippen LogP contribution in [0.3, 0.4) is 0 Å². The van der Waals surface area contributed by atoms with E-state index in [9.17, 15) is 0 Å². The summed E-state index contributed by atoms with van der Waals surface area (Å²) in [5.41, 5.74) is 19.3. The Morgan fingerprint density at radius 1 is 0.365 bits per heavy atom. The lowest BCUT2D eigenvalue weighted by molar-refractivity contribution is 0.550. The number of pyridine rings is 1. The molecule has 1 aliphatic rings. The van der Waals surface area contributed by atoms with Crippen LogP contribution < -0.4 is 9.80 Å². The second kappa shape index (κ2) is 21.0. The van der Waals surface area contributed by atoms with Gasteiger partial charge in [-0.25, -0.2) is 19.9 Å². The van der Waals surface area contributed by atoms with Gasteiger partial charge in [-0.2, -0.15) is 0 Å². The maximum atomic E-state index is 5.66. The number of hydrogen-bond donors (Lipinski definition) is 0. The second-order valence-electron chi connectivity index (χ2n) is 26.5. The number of aromatic nitrogens is 5. The molecule has 13 rings (SSSR count). The lowest BCUT2D eigenvalue weighted by Gasteiger charge is -2.33. The molecule has 0 saturated heterocycles. The smallest absolute Gasteiger partial charge is 0.164 e. The van der Waals surface area contributed by atoms with Crippen LogP contribution >= 0.6 is 0 Å². The lowest BCUT2D eigenvalue weighted by Crippen LogP contribution is -2.25. The number of nitrogens with zero attached hydrogens (tertiary/aromatic N) is 7. The summed E-state index contributed by atoms with van der Waals surface area (Å²) in [5.74, 6) is 2.70. The molecule has 9 aromatic carbocycles. The normalized spacial score (nSPS) is 13.0. The molecule has 0 N–H and O–H groups in total. The summed E-state index contributed by atoms with van der Waals surface area (Å²) in [6.45, 7) is 25.9. The van der Waals surface area contributed by atoms with Crippen LogP contribution in [0, 0.1) is 0 Å². The molecule has 0 amide bonds. The average Bonchev–Trinajstić information content (AvgIpc) is 1.97. The van der Waals surface area contributed by atoms with Gasteiger partial charge in [0.15, 0.2) is 17.5 Å². The van der Waals surface area contributed by atoms with Gasteiger partial charge < -0.3 is 9.80 Å². The van der Waals surface area contributed by atoms with Crippen molar-refractivity contribution in [1.29, 1.82) is 0 Å². The average molecular weight is 1110 g/mol. The molecule has 7 heteroatoms. The standard InChI is InChI=1S/C78H73N7/c1-75(2,3)57-47-63(76(4,5)6)70(64(48-57)77(7,8)9)74-81-72(80-73(82-74)54-41-42-62-61-35-21-22-38-65(61)85(68(62)46-54)69-49-56(43-44-79-69)78(10,11)55-32-19-14-20-33-55)53-31-25-34-58(45-53)83-50-84(67-40-24-23-39-66(67)83)71-59(51-27-15-12-16-28-51)36-26-37-60(71)52-29-17-13-18-30-52/h12-49H,50H2,1-11H3. The first-order valence-electron chi connectivity index (χ1n) is 29.8. The predicted octanol–water partition coefficient (Wildman–Crippen LogP) is 20.2. The van der Waals surface area contributed by atoms with Crippen molar-refractivity contribution in [2.24, 2.45) is 0 Å². The number of hydrogen-bond acceptors (Lipinski definition) is 6. The van der Waals surface area contributed by atoms with Crippen molar-refractivity contribution in [2.75, 3.05) is 16.5 Å². The summed E-state index contributed by atoms with van der Waals surface area (Å²) in [6.07, 6.45) is 1.95. The van der Waals surface area contributed by atoms with Gasteiger partial charge in [-0.15, -0.1) is 0 Å². The van der Waals surface area contributed by atoms with Gasteiger partial charge in [0.05, 0.1) is 28.1 Å². The van der Waals surface area contributed by atoms with Crippen LogP contribution in [0.4, 0.5) is 22.7 Å². The van der Waals surface area contributed by atoms with Crippen LogP contribution in [0.2, 0.25) is 0 Å². The summed E-state index contributed by atoms with van der Waals surface area (Å²) in [4.78, 5) is 26.9. The fourth-order valence-electron chi connectivity index (χ4n) is 12.5. The SMILES string of the molecule is CC(C)(C)c1cc(C(C)(C)C)c(-c2nc(-c3cccc(N4CN(c5c(-c6ccccc6)cccc5-c5ccccc5)c5ccccc54)c3)nc(-c3ccc4c5ccccc5n(-c5cc(C(C)(C)c6ccccc6)ccn5)c4c3)n2)c(C(C)(C)C)c1. The Hall–Kier alpha value is -9.46. The molecule has 1 aliphatic heterocycles. The first kappa shape index (κ1) is 54.8. The van der Waals surface area contributed by atoms with Crippen molar-refractivity contribution in [3.8, 4) is 62.2 Å². The van der Waals surface area contributed by atoms with Crippen LogP contribution in [-0.2, 0) is 21.7 Å². The highest BCUT2D eigenvalue weighted by molar-refractivity contribution is 6.10. The minimum absolute atomic E-state index is 0.0928. The highest BCUT2D eigenvalue weighted by Gasteiger charge is 2.34. The zero-order valence-electron chi connectivity index (χ0n) is 50.8. The third kappa shape index (κ3) is 10.1. The van der Waals surface area contributed by atoms with E-state index in [1.165, 1.54) is 50.1 Å². The number of rotatable bonds is 10. The van der Waals surface area contributed by atoms with E-state index in [1.807, 2.05) is 6.20 Å². The van der Waals surface area contributed by atoms with Crippen molar-refractivity contribution in [3.05, 3.63) is 258 Å². The van der Waals surface area contributed by atoms with E-state index in [0.29, 0.717) is 24.1 Å². The Balaban J connectivity index is 1.00. The van der Waals surface area contributed by atoms with Gasteiger partial charge in [0, 0.05) is 55.9 Å². The number of benzene rings is 9. The third-order valence-electron chi connectivity index (χ3n) is 17.2. The van der Waals surface area contributed by atoms with Crippen molar-refractivity contribution in [1.82, 2.24) is 24.5 Å². The van der Waals surface area contributed by atoms with Gasteiger partial charge in [0.2, 0.25) is 0 Å². The minimum Gasteiger partial charge on any atom is -0.321 e. The van der Waals surface area contributed by atoms with E-state index in [-0.39, 0.29) is 21.7 Å². The summed E-state index contributed by atoms with van der Waals surface area (Å²) in [5, 5.41) is 2.28. The van der Waals surface area contributed by atoms with Crippen LogP contribution in [0.1, 0.15) is 104 Å². The second-order valence-corrected chi connectivity index (χ2v) is 26.5. The summed E-state index contributed by atoms with van der Waals surface area (Å²) < 4.78 is 2.31. The van der Waals surface area contributed by atoms with Crippen LogP contribution in [0.5, 0.6) is 0 Å². The van der Waals surface area contributed by atoms with Gasteiger partial charge in [-0.1, -0.05) is 252 Å². The van der Waals surface area contributed by atoms with Crippen molar-refractivity contribution in [3.63, 3.8) is 0 Å². The minimum atomic E-state index is -0.266. The topological polar surface area (TPSA) is 63.0 Å². The quantitative estimate of drug-likeness (QED) is 0.136. The van der Waals surface area contributed by atoms with Crippen molar-refractivity contribution in [2.45, 2.75) is 97.8 Å². The van der Waals surface area contributed by atoms with E-state index in [4.69, 9.17) is 19.9 Å². The largest absolute Gasteiger partial charge is 0.321 e. The van der Waals surface area contributed by atoms with Crippen LogP contribution in [0.25, 0.3) is 84.0 Å². The van der Waals surface area contributed by atoms with E-state index in [0.717, 1.165) is 67.1 Å².